The fraction of sp³-hybridized carbons (Fsp3) is 0.355. The van der Waals surface area contributed by atoms with Gasteiger partial charge in [-0.2, -0.15) is 0 Å². The van der Waals surface area contributed by atoms with E-state index in [1.165, 1.54) is 0 Å². The van der Waals surface area contributed by atoms with Crippen molar-refractivity contribution in [3.63, 3.8) is 0 Å². The van der Waals surface area contributed by atoms with Gasteiger partial charge < -0.3 is 15.0 Å². The molecule has 0 bridgehead atoms. The zero-order chi connectivity index (χ0) is 27.0. The second-order valence-corrected chi connectivity index (χ2v) is 11.0. The molecule has 0 spiro atoms. The first-order valence-corrected chi connectivity index (χ1v) is 13.0. The topological polar surface area (TPSA) is 58.6 Å². The Kier molecular flexibility index (Phi) is 9.76. The molecule has 3 aromatic carbocycles. The molecule has 6 heteroatoms. The van der Waals surface area contributed by atoms with Crippen molar-refractivity contribution in [3.8, 4) is 5.75 Å². The molecule has 0 saturated carbocycles. The Hall–Kier alpha value is -3.31. The Balaban J connectivity index is 1.95. The van der Waals surface area contributed by atoms with E-state index in [1.54, 1.807) is 11.0 Å². The summed E-state index contributed by atoms with van der Waals surface area (Å²) in [4.78, 5) is 29.0. The number of carbonyl (C=O) groups excluding carboxylic acids is 2. The first kappa shape index (κ1) is 28.3. The summed E-state index contributed by atoms with van der Waals surface area (Å²) in [5.74, 6) is 0.433. The van der Waals surface area contributed by atoms with Gasteiger partial charge in [0.2, 0.25) is 5.91 Å². The fourth-order valence-electron chi connectivity index (χ4n) is 4.15. The van der Waals surface area contributed by atoms with Crippen LogP contribution in [0.4, 0.5) is 0 Å². The monoisotopic (exact) mass is 520 g/mol. The molecule has 1 N–H and O–H groups in total. The molecule has 3 rings (SSSR count). The van der Waals surface area contributed by atoms with Gasteiger partial charge in [0, 0.05) is 23.5 Å². The van der Waals surface area contributed by atoms with Gasteiger partial charge in [-0.1, -0.05) is 86.1 Å². The summed E-state index contributed by atoms with van der Waals surface area (Å²) in [6, 6.07) is 24.1. The van der Waals surface area contributed by atoms with Crippen LogP contribution in [0.3, 0.4) is 0 Å². The summed E-state index contributed by atoms with van der Waals surface area (Å²) >= 11 is 6.25. The minimum Gasteiger partial charge on any atom is -0.483 e. The smallest absolute Gasteiger partial charge is 0.261 e. The van der Waals surface area contributed by atoms with Crippen molar-refractivity contribution in [2.45, 2.75) is 65.1 Å². The lowest BCUT2D eigenvalue weighted by molar-refractivity contribution is -0.143. The molecule has 0 aliphatic heterocycles. The molecule has 0 aromatic heterocycles. The lowest BCUT2D eigenvalue weighted by atomic mass is 10.0. The highest BCUT2D eigenvalue weighted by Crippen LogP contribution is 2.26. The molecule has 37 heavy (non-hydrogen) atoms. The molecule has 0 aliphatic carbocycles. The predicted molar refractivity (Wildman–Crippen MR) is 150 cm³/mol. The molecule has 0 heterocycles. The van der Waals surface area contributed by atoms with Crippen molar-refractivity contribution in [2.24, 2.45) is 0 Å². The Morgan fingerprint density at radius 2 is 1.57 bits per heavy atom. The van der Waals surface area contributed by atoms with E-state index >= 15 is 0 Å². The molecule has 5 nitrogen and oxygen atoms in total. The summed E-state index contributed by atoms with van der Waals surface area (Å²) < 4.78 is 6.03. The number of carbonyl (C=O) groups is 2. The zero-order valence-corrected chi connectivity index (χ0v) is 23.1. The minimum absolute atomic E-state index is 0.182. The van der Waals surface area contributed by atoms with Crippen LogP contribution in [0.5, 0.6) is 5.75 Å². The van der Waals surface area contributed by atoms with E-state index in [9.17, 15) is 9.59 Å². The maximum Gasteiger partial charge on any atom is 0.261 e. The van der Waals surface area contributed by atoms with Gasteiger partial charge in [-0.15, -0.1) is 0 Å². The van der Waals surface area contributed by atoms with E-state index in [2.05, 4.69) is 19.2 Å². The van der Waals surface area contributed by atoms with Crippen LogP contribution >= 0.6 is 11.6 Å². The number of para-hydroxylation sites is 1. The Morgan fingerprint density at radius 3 is 2.22 bits per heavy atom. The summed E-state index contributed by atoms with van der Waals surface area (Å²) in [5.41, 5.74) is 2.38. The molecule has 1 atom stereocenters. The molecule has 0 unspecified atom stereocenters. The number of ether oxygens (including phenoxy) is 1. The summed E-state index contributed by atoms with van der Waals surface area (Å²) in [6.07, 6.45) is 0.373. The third-order valence-electron chi connectivity index (χ3n) is 5.90. The van der Waals surface area contributed by atoms with Crippen molar-refractivity contribution < 1.29 is 14.3 Å². The average Bonchev–Trinajstić information content (AvgIpc) is 2.84. The lowest BCUT2D eigenvalue weighted by Crippen LogP contribution is -2.55. The molecule has 0 radical (unpaired) electrons. The highest BCUT2D eigenvalue weighted by molar-refractivity contribution is 6.30. The quantitative estimate of drug-likeness (QED) is 0.336. The number of nitrogens with zero attached hydrogens (tertiary/aromatic N) is 1. The maximum absolute atomic E-state index is 13.8. The van der Waals surface area contributed by atoms with Crippen molar-refractivity contribution >= 4 is 23.4 Å². The molecule has 0 fully saturated rings. The van der Waals surface area contributed by atoms with Gasteiger partial charge in [-0.3, -0.25) is 9.59 Å². The van der Waals surface area contributed by atoms with Crippen LogP contribution in [0.1, 0.15) is 57.2 Å². The van der Waals surface area contributed by atoms with Crippen molar-refractivity contribution in [1.29, 1.82) is 0 Å². The molecular weight excluding hydrogens is 484 g/mol. The molecule has 196 valence electrons. The van der Waals surface area contributed by atoms with Crippen LogP contribution in [0.15, 0.2) is 78.9 Å². The van der Waals surface area contributed by atoms with Gasteiger partial charge in [0.05, 0.1) is 0 Å². The number of halogens is 1. The second-order valence-electron chi connectivity index (χ2n) is 10.6. The molecule has 0 aliphatic rings. The summed E-state index contributed by atoms with van der Waals surface area (Å²) in [7, 11) is 0. The van der Waals surface area contributed by atoms with Crippen LogP contribution < -0.4 is 10.1 Å². The van der Waals surface area contributed by atoms with E-state index in [0.717, 1.165) is 16.7 Å². The van der Waals surface area contributed by atoms with E-state index in [4.69, 9.17) is 16.3 Å². The van der Waals surface area contributed by atoms with Gasteiger partial charge in [0.25, 0.3) is 5.91 Å². The Labute approximate surface area is 225 Å². The molecule has 0 saturated heterocycles. The standard InChI is InChI=1S/C31H37ClN2O3/c1-22(2)26-16-9-10-17-28(26)37-21-29(35)34(20-24-14-11-15-25(32)18-24)27(30(36)33-31(3,4)5)19-23-12-7-6-8-13-23/h6-18,22,27H,19-21H2,1-5H3,(H,33,36)/t27-/m1/s1. The van der Waals surface area contributed by atoms with E-state index in [-0.39, 0.29) is 30.9 Å². The van der Waals surface area contributed by atoms with Gasteiger partial charge in [-0.25, -0.2) is 0 Å². The van der Waals surface area contributed by atoms with E-state index in [0.29, 0.717) is 17.2 Å². The number of hydrogen-bond donors (Lipinski definition) is 1. The summed E-state index contributed by atoms with van der Waals surface area (Å²) in [6.45, 7) is 10.0. The normalized spacial score (nSPS) is 12.2. The van der Waals surface area contributed by atoms with Crippen molar-refractivity contribution in [2.75, 3.05) is 6.61 Å². The molecular formula is C31H37ClN2O3. The van der Waals surface area contributed by atoms with Gasteiger partial charge >= 0.3 is 0 Å². The van der Waals surface area contributed by atoms with Crippen LogP contribution in [0, 0.1) is 0 Å². The summed E-state index contributed by atoms with van der Waals surface area (Å²) in [5, 5.41) is 3.64. The zero-order valence-electron chi connectivity index (χ0n) is 22.3. The average molecular weight is 521 g/mol. The van der Waals surface area contributed by atoms with Crippen LogP contribution in [0.25, 0.3) is 0 Å². The number of hydrogen-bond acceptors (Lipinski definition) is 3. The number of nitrogens with one attached hydrogen (secondary N) is 1. The lowest BCUT2D eigenvalue weighted by Gasteiger charge is -2.34. The van der Waals surface area contributed by atoms with Crippen molar-refractivity contribution in [3.05, 3.63) is 101 Å². The van der Waals surface area contributed by atoms with E-state index < -0.39 is 11.6 Å². The Morgan fingerprint density at radius 1 is 0.919 bits per heavy atom. The predicted octanol–water partition coefficient (Wildman–Crippen LogP) is 6.40. The largest absolute Gasteiger partial charge is 0.483 e. The Bertz CT molecular complexity index is 1190. The highest BCUT2D eigenvalue weighted by Gasteiger charge is 2.32. The number of benzene rings is 3. The first-order chi connectivity index (χ1) is 17.5. The van der Waals surface area contributed by atoms with Crippen molar-refractivity contribution in [1.82, 2.24) is 10.2 Å². The maximum atomic E-state index is 13.8. The SMILES string of the molecule is CC(C)c1ccccc1OCC(=O)N(Cc1cccc(Cl)c1)[C@H](Cc1ccccc1)C(=O)NC(C)(C)C. The molecule has 2 amide bonds. The van der Waals surface area contributed by atoms with Crippen LogP contribution in [0.2, 0.25) is 5.02 Å². The fourth-order valence-corrected chi connectivity index (χ4v) is 4.36. The highest BCUT2D eigenvalue weighted by atomic mass is 35.5. The number of amides is 2. The molecule has 3 aromatic rings. The van der Waals surface area contributed by atoms with Crippen LogP contribution in [-0.2, 0) is 22.6 Å². The number of rotatable bonds is 10. The third kappa shape index (κ3) is 8.64. The van der Waals surface area contributed by atoms with E-state index in [1.807, 2.05) is 93.6 Å². The second kappa shape index (κ2) is 12.8. The van der Waals surface area contributed by atoms with Gasteiger partial charge in [-0.05, 0) is 61.6 Å². The minimum atomic E-state index is -0.739. The van der Waals surface area contributed by atoms with Crippen LogP contribution in [-0.4, -0.2) is 34.9 Å². The van der Waals surface area contributed by atoms with Gasteiger partial charge in [0.1, 0.15) is 11.8 Å². The third-order valence-corrected chi connectivity index (χ3v) is 6.14. The first-order valence-electron chi connectivity index (χ1n) is 12.6. The van der Waals surface area contributed by atoms with Gasteiger partial charge in [0.15, 0.2) is 6.61 Å².